The van der Waals surface area contributed by atoms with Crippen LogP contribution < -0.4 is 5.32 Å². The van der Waals surface area contributed by atoms with Gasteiger partial charge in [0.05, 0.1) is 0 Å². The summed E-state index contributed by atoms with van der Waals surface area (Å²) < 4.78 is 5.48. The molecule has 2 heterocycles. The SMILES string of the molecule is O=Cc1ccc(-c2cccc(C3CCNCC3)c2)o1. The quantitative estimate of drug-likeness (QED) is 0.856. The van der Waals surface area contributed by atoms with Crippen molar-refractivity contribution in [2.75, 3.05) is 13.1 Å². The standard InChI is InChI=1S/C16H17NO2/c18-11-15-4-5-16(19-15)14-3-1-2-13(10-14)12-6-8-17-9-7-12/h1-5,10-12,17H,6-9H2. The lowest BCUT2D eigenvalue weighted by Gasteiger charge is -2.23. The minimum Gasteiger partial charge on any atom is -0.453 e. The highest BCUT2D eigenvalue weighted by molar-refractivity contribution is 5.72. The van der Waals surface area contributed by atoms with Crippen molar-refractivity contribution < 1.29 is 9.21 Å². The maximum atomic E-state index is 10.7. The molecular formula is C16H17NO2. The van der Waals surface area contributed by atoms with Gasteiger partial charge in [0.15, 0.2) is 12.0 Å². The highest BCUT2D eigenvalue weighted by Gasteiger charge is 2.16. The third-order valence-electron chi connectivity index (χ3n) is 3.72. The fraction of sp³-hybridized carbons (Fsp3) is 0.312. The zero-order valence-electron chi connectivity index (χ0n) is 10.8. The van der Waals surface area contributed by atoms with Crippen LogP contribution in [0.2, 0.25) is 0 Å². The summed E-state index contributed by atoms with van der Waals surface area (Å²) >= 11 is 0. The van der Waals surface area contributed by atoms with Gasteiger partial charge in [-0.15, -0.1) is 0 Å². The van der Waals surface area contributed by atoms with Gasteiger partial charge in [-0.05, 0) is 55.6 Å². The second-order valence-electron chi connectivity index (χ2n) is 4.97. The molecule has 0 amide bonds. The molecule has 1 N–H and O–H groups in total. The highest BCUT2D eigenvalue weighted by atomic mass is 16.3. The Hall–Kier alpha value is -1.87. The average Bonchev–Trinajstić information content (AvgIpc) is 2.97. The molecule has 98 valence electrons. The summed E-state index contributed by atoms with van der Waals surface area (Å²) in [6.45, 7) is 2.18. The molecule has 3 rings (SSSR count). The molecule has 3 nitrogen and oxygen atoms in total. The van der Waals surface area contributed by atoms with E-state index in [1.165, 1.54) is 18.4 Å². The van der Waals surface area contributed by atoms with E-state index in [1.807, 2.05) is 12.1 Å². The van der Waals surface area contributed by atoms with Crippen LogP contribution in [0.25, 0.3) is 11.3 Å². The predicted octanol–water partition coefficient (Wildman–Crippen LogP) is 3.23. The highest BCUT2D eigenvalue weighted by Crippen LogP contribution is 2.29. The Morgan fingerprint density at radius 1 is 1.16 bits per heavy atom. The minimum absolute atomic E-state index is 0.377. The van der Waals surface area contributed by atoms with Crippen molar-refractivity contribution in [2.45, 2.75) is 18.8 Å². The number of nitrogens with one attached hydrogen (secondary N) is 1. The molecule has 1 aromatic heterocycles. The van der Waals surface area contributed by atoms with Gasteiger partial charge in [-0.3, -0.25) is 4.79 Å². The first-order chi connectivity index (χ1) is 9.36. The van der Waals surface area contributed by atoms with Gasteiger partial charge in [0.1, 0.15) is 5.76 Å². The lowest BCUT2D eigenvalue weighted by atomic mass is 9.89. The second kappa shape index (κ2) is 5.41. The van der Waals surface area contributed by atoms with Crippen molar-refractivity contribution in [3.63, 3.8) is 0 Å². The third-order valence-corrected chi connectivity index (χ3v) is 3.72. The molecule has 19 heavy (non-hydrogen) atoms. The number of furan rings is 1. The summed E-state index contributed by atoms with van der Waals surface area (Å²) in [5.74, 6) is 1.77. The maximum absolute atomic E-state index is 10.7. The van der Waals surface area contributed by atoms with Gasteiger partial charge >= 0.3 is 0 Å². The van der Waals surface area contributed by atoms with Crippen molar-refractivity contribution in [1.82, 2.24) is 5.32 Å². The van der Waals surface area contributed by atoms with Crippen LogP contribution in [-0.4, -0.2) is 19.4 Å². The second-order valence-corrected chi connectivity index (χ2v) is 4.97. The Morgan fingerprint density at radius 3 is 2.74 bits per heavy atom. The Kier molecular flexibility index (Phi) is 3.47. The molecule has 1 aliphatic rings. The summed E-state index contributed by atoms with van der Waals surface area (Å²) in [7, 11) is 0. The smallest absolute Gasteiger partial charge is 0.185 e. The molecule has 0 radical (unpaired) electrons. The number of rotatable bonds is 3. The fourth-order valence-electron chi connectivity index (χ4n) is 2.67. The minimum atomic E-state index is 0.377. The van der Waals surface area contributed by atoms with Crippen molar-refractivity contribution in [3.8, 4) is 11.3 Å². The van der Waals surface area contributed by atoms with Crippen LogP contribution in [0.5, 0.6) is 0 Å². The molecule has 0 bridgehead atoms. The van der Waals surface area contributed by atoms with E-state index in [-0.39, 0.29) is 0 Å². The van der Waals surface area contributed by atoms with Gasteiger partial charge in [-0.1, -0.05) is 18.2 Å². The van der Waals surface area contributed by atoms with Crippen LogP contribution in [-0.2, 0) is 0 Å². The summed E-state index contributed by atoms with van der Waals surface area (Å²) in [6.07, 6.45) is 3.10. The lowest BCUT2D eigenvalue weighted by molar-refractivity contribution is 0.110. The van der Waals surface area contributed by atoms with Crippen LogP contribution in [0.3, 0.4) is 0 Å². The fourth-order valence-corrected chi connectivity index (χ4v) is 2.67. The van der Waals surface area contributed by atoms with E-state index in [0.717, 1.165) is 30.7 Å². The number of carbonyl (C=O) groups excluding carboxylic acids is 1. The first-order valence-electron chi connectivity index (χ1n) is 6.73. The summed E-state index contributed by atoms with van der Waals surface area (Å²) in [5.41, 5.74) is 2.41. The Bertz CT molecular complexity index is 568. The summed E-state index contributed by atoms with van der Waals surface area (Å²) in [6, 6.07) is 12.0. The molecule has 3 heteroatoms. The number of benzene rings is 1. The van der Waals surface area contributed by atoms with E-state index in [0.29, 0.717) is 11.7 Å². The number of aldehydes is 1. The molecular weight excluding hydrogens is 238 g/mol. The molecule has 1 saturated heterocycles. The van der Waals surface area contributed by atoms with Gasteiger partial charge in [0, 0.05) is 5.56 Å². The van der Waals surface area contributed by atoms with Crippen molar-refractivity contribution in [1.29, 1.82) is 0 Å². The van der Waals surface area contributed by atoms with E-state index in [4.69, 9.17) is 4.42 Å². The molecule has 1 fully saturated rings. The molecule has 1 aliphatic heterocycles. The van der Waals surface area contributed by atoms with Crippen molar-refractivity contribution in [3.05, 3.63) is 47.7 Å². The van der Waals surface area contributed by atoms with Gasteiger partial charge in [-0.25, -0.2) is 0 Å². The van der Waals surface area contributed by atoms with Crippen LogP contribution in [0.1, 0.15) is 34.9 Å². The van der Waals surface area contributed by atoms with E-state index < -0.39 is 0 Å². The Labute approximate surface area is 112 Å². The van der Waals surface area contributed by atoms with Crippen molar-refractivity contribution >= 4 is 6.29 Å². The zero-order chi connectivity index (χ0) is 13.1. The van der Waals surface area contributed by atoms with Crippen LogP contribution >= 0.6 is 0 Å². The average molecular weight is 255 g/mol. The van der Waals surface area contributed by atoms with Crippen molar-refractivity contribution in [2.24, 2.45) is 0 Å². The van der Waals surface area contributed by atoms with Gasteiger partial charge in [0.25, 0.3) is 0 Å². The number of piperidine rings is 1. The molecule has 0 spiro atoms. The van der Waals surface area contributed by atoms with Crippen LogP contribution in [0.15, 0.2) is 40.8 Å². The number of carbonyl (C=O) groups is 1. The van der Waals surface area contributed by atoms with E-state index in [9.17, 15) is 4.79 Å². The van der Waals surface area contributed by atoms with Gasteiger partial charge in [-0.2, -0.15) is 0 Å². The topological polar surface area (TPSA) is 42.2 Å². The monoisotopic (exact) mass is 255 g/mol. The molecule has 0 aliphatic carbocycles. The maximum Gasteiger partial charge on any atom is 0.185 e. The Morgan fingerprint density at radius 2 is 2.00 bits per heavy atom. The van der Waals surface area contributed by atoms with E-state index in [2.05, 4.69) is 23.5 Å². The normalized spacial score (nSPS) is 16.4. The predicted molar refractivity (Wildman–Crippen MR) is 74.4 cm³/mol. The first kappa shape index (κ1) is 12.2. The number of hydrogen-bond acceptors (Lipinski definition) is 3. The van der Waals surface area contributed by atoms with E-state index >= 15 is 0 Å². The lowest BCUT2D eigenvalue weighted by Crippen LogP contribution is -2.26. The zero-order valence-corrected chi connectivity index (χ0v) is 10.8. The Balaban J connectivity index is 1.88. The van der Waals surface area contributed by atoms with Gasteiger partial charge in [0.2, 0.25) is 0 Å². The van der Waals surface area contributed by atoms with Gasteiger partial charge < -0.3 is 9.73 Å². The molecule has 1 aromatic carbocycles. The van der Waals surface area contributed by atoms with Crippen LogP contribution in [0, 0.1) is 0 Å². The first-order valence-corrected chi connectivity index (χ1v) is 6.73. The largest absolute Gasteiger partial charge is 0.453 e. The molecule has 0 saturated carbocycles. The molecule has 0 unspecified atom stereocenters. The third kappa shape index (κ3) is 2.61. The van der Waals surface area contributed by atoms with Crippen LogP contribution in [0.4, 0.5) is 0 Å². The summed E-state index contributed by atoms with van der Waals surface area (Å²) in [4.78, 5) is 10.7. The van der Waals surface area contributed by atoms with E-state index in [1.54, 1.807) is 6.07 Å². The number of hydrogen-bond donors (Lipinski definition) is 1. The summed E-state index contributed by atoms with van der Waals surface area (Å²) in [5, 5.41) is 3.38. The molecule has 0 atom stereocenters. The molecule has 2 aromatic rings.